The Morgan fingerprint density at radius 3 is 2.83 bits per heavy atom. The summed E-state index contributed by atoms with van der Waals surface area (Å²) in [5.41, 5.74) is 0.466. The molecule has 1 unspecified atom stereocenters. The Kier molecular flexibility index (Phi) is 3.68. The van der Waals surface area contributed by atoms with E-state index < -0.39 is 6.04 Å². The Morgan fingerprint density at radius 2 is 2.17 bits per heavy atom. The average Bonchev–Trinajstić information content (AvgIpc) is 2.44. The first kappa shape index (κ1) is 12.2. The van der Waals surface area contributed by atoms with Gasteiger partial charge in [0, 0.05) is 5.56 Å². The maximum atomic E-state index is 11.9. The zero-order valence-corrected chi connectivity index (χ0v) is 10.1. The van der Waals surface area contributed by atoms with Gasteiger partial charge in [0.05, 0.1) is 6.07 Å². The molecule has 1 atom stereocenters. The maximum Gasteiger partial charge on any atom is 0.252 e. The molecule has 1 aromatic rings. The van der Waals surface area contributed by atoms with Gasteiger partial charge < -0.3 is 14.8 Å². The fourth-order valence-electron chi connectivity index (χ4n) is 1.65. The highest BCUT2D eigenvalue weighted by molar-refractivity contribution is 5.95. The Bertz CT molecular complexity index is 493. The second-order valence-corrected chi connectivity index (χ2v) is 3.92. The van der Waals surface area contributed by atoms with Crippen LogP contribution in [0.2, 0.25) is 0 Å². The lowest BCUT2D eigenvalue weighted by molar-refractivity contribution is 0.0943. The molecule has 5 nitrogen and oxygen atoms in total. The second-order valence-electron chi connectivity index (χ2n) is 3.92. The molecule has 0 bridgehead atoms. The topological polar surface area (TPSA) is 71.4 Å². The molecule has 1 N–H and O–H groups in total. The number of benzene rings is 1. The van der Waals surface area contributed by atoms with Crippen LogP contribution in [0.25, 0.3) is 0 Å². The number of ether oxygens (including phenoxy) is 2. The first-order valence-corrected chi connectivity index (χ1v) is 5.84. The van der Waals surface area contributed by atoms with Crippen LogP contribution < -0.4 is 14.8 Å². The smallest absolute Gasteiger partial charge is 0.252 e. The Morgan fingerprint density at radius 1 is 1.44 bits per heavy atom. The molecule has 1 aromatic carbocycles. The number of rotatable bonds is 3. The molecule has 1 heterocycles. The molecule has 0 aliphatic carbocycles. The predicted molar refractivity (Wildman–Crippen MR) is 64.6 cm³/mol. The summed E-state index contributed by atoms with van der Waals surface area (Å²) in [6.07, 6.45) is 0.576. The van der Waals surface area contributed by atoms with Gasteiger partial charge in [-0.15, -0.1) is 0 Å². The highest BCUT2D eigenvalue weighted by atomic mass is 16.6. The third kappa shape index (κ3) is 2.54. The van der Waals surface area contributed by atoms with Crippen molar-refractivity contribution in [3.05, 3.63) is 23.8 Å². The van der Waals surface area contributed by atoms with Crippen LogP contribution >= 0.6 is 0 Å². The molecule has 0 fully saturated rings. The van der Waals surface area contributed by atoms with Crippen molar-refractivity contribution >= 4 is 5.91 Å². The summed E-state index contributed by atoms with van der Waals surface area (Å²) in [5, 5.41) is 11.4. The molecular formula is C13H14N2O3. The van der Waals surface area contributed by atoms with Crippen LogP contribution in [0.1, 0.15) is 23.7 Å². The minimum Gasteiger partial charge on any atom is -0.486 e. The molecule has 1 amide bonds. The molecule has 2 rings (SSSR count). The van der Waals surface area contributed by atoms with E-state index in [4.69, 9.17) is 14.7 Å². The quantitative estimate of drug-likeness (QED) is 0.877. The van der Waals surface area contributed by atoms with E-state index in [-0.39, 0.29) is 5.91 Å². The van der Waals surface area contributed by atoms with Crippen LogP contribution in [-0.2, 0) is 0 Å². The van der Waals surface area contributed by atoms with Gasteiger partial charge in [-0.3, -0.25) is 4.79 Å². The fourth-order valence-corrected chi connectivity index (χ4v) is 1.65. The Balaban J connectivity index is 2.14. The third-order valence-electron chi connectivity index (χ3n) is 2.67. The molecule has 94 valence electrons. The van der Waals surface area contributed by atoms with E-state index in [9.17, 15) is 4.79 Å². The minimum absolute atomic E-state index is 0.277. The number of nitrogens with one attached hydrogen (secondary N) is 1. The monoisotopic (exact) mass is 246 g/mol. The van der Waals surface area contributed by atoms with Crippen molar-refractivity contribution in [1.82, 2.24) is 5.32 Å². The SMILES string of the molecule is CCC(C#N)NC(=O)c1ccc2c(c1)OCCO2. The molecule has 1 aliphatic rings. The average molecular weight is 246 g/mol. The second kappa shape index (κ2) is 5.41. The Hall–Kier alpha value is -2.22. The van der Waals surface area contributed by atoms with E-state index in [1.165, 1.54) is 0 Å². The summed E-state index contributed by atoms with van der Waals surface area (Å²) in [4.78, 5) is 11.9. The number of carbonyl (C=O) groups excluding carboxylic acids is 1. The van der Waals surface area contributed by atoms with Crippen molar-refractivity contribution < 1.29 is 14.3 Å². The van der Waals surface area contributed by atoms with E-state index in [1.807, 2.05) is 13.0 Å². The molecule has 5 heteroatoms. The Labute approximate surface area is 105 Å². The van der Waals surface area contributed by atoms with Crippen LogP contribution in [0.3, 0.4) is 0 Å². The van der Waals surface area contributed by atoms with Crippen molar-refractivity contribution in [3.63, 3.8) is 0 Å². The number of carbonyl (C=O) groups is 1. The predicted octanol–water partition coefficient (Wildman–Crippen LogP) is 1.49. The standard InChI is InChI=1S/C13H14N2O3/c1-2-10(8-14)15-13(16)9-3-4-11-12(7-9)18-6-5-17-11/h3-4,7,10H,2,5-6H2,1H3,(H,15,16). The van der Waals surface area contributed by atoms with E-state index in [0.29, 0.717) is 36.7 Å². The van der Waals surface area contributed by atoms with Gasteiger partial charge in [-0.1, -0.05) is 6.92 Å². The molecule has 0 aromatic heterocycles. The van der Waals surface area contributed by atoms with Crippen molar-refractivity contribution in [3.8, 4) is 17.6 Å². The number of amides is 1. The van der Waals surface area contributed by atoms with Crippen molar-refractivity contribution in [2.24, 2.45) is 0 Å². The summed E-state index contributed by atoms with van der Waals surface area (Å²) < 4.78 is 10.8. The lowest BCUT2D eigenvalue weighted by atomic mass is 10.1. The van der Waals surface area contributed by atoms with E-state index in [1.54, 1.807) is 18.2 Å². The highest BCUT2D eigenvalue weighted by Crippen LogP contribution is 2.30. The molecule has 1 aliphatic heterocycles. The number of fused-ring (bicyclic) bond motifs is 1. The van der Waals surface area contributed by atoms with Gasteiger partial charge in [0.1, 0.15) is 19.3 Å². The van der Waals surface area contributed by atoms with Gasteiger partial charge in [-0.25, -0.2) is 0 Å². The number of hydrogen-bond donors (Lipinski definition) is 1. The summed E-state index contributed by atoms with van der Waals surface area (Å²) in [6, 6.07) is 6.56. The normalized spacial score (nSPS) is 14.4. The fraction of sp³-hybridized carbons (Fsp3) is 0.385. The van der Waals surface area contributed by atoms with Gasteiger partial charge in [0.15, 0.2) is 11.5 Å². The van der Waals surface area contributed by atoms with Gasteiger partial charge in [0.2, 0.25) is 0 Å². The van der Waals surface area contributed by atoms with E-state index in [2.05, 4.69) is 5.32 Å². The van der Waals surface area contributed by atoms with Gasteiger partial charge >= 0.3 is 0 Å². The highest BCUT2D eigenvalue weighted by Gasteiger charge is 2.16. The number of nitrogens with zero attached hydrogens (tertiary/aromatic N) is 1. The summed E-state index contributed by atoms with van der Waals surface area (Å²) in [6.45, 7) is 2.84. The van der Waals surface area contributed by atoms with Gasteiger partial charge in [0.25, 0.3) is 5.91 Å². The van der Waals surface area contributed by atoms with E-state index in [0.717, 1.165) is 0 Å². The molecule has 18 heavy (non-hydrogen) atoms. The first-order valence-electron chi connectivity index (χ1n) is 5.84. The first-order chi connectivity index (χ1) is 8.74. The van der Waals surface area contributed by atoms with Gasteiger partial charge in [-0.05, 0) is 24.6 Å². The lowest BCUT2D eigenvalue weighted by Crippen LogP contribution is -2.33. The maximum absolute atomic E-state index is 11.9. The number of hydrogen-bond acceptors (Lipinski definition) is 4. The molecular weight excluding hydrogens is 232 g/mol. The molecule has 0 radical (unpaired) electrons. The zero-order chi connectivity index (χ0) is 13.0. The minimum atomic E-state index is -0.467. The van der Waals surface area contributed by atoms with Crippen molar-refractivity contribution in [2.75, 3.05) is 13.2 Å². The third-order valence-corrected chi connectivity index (χ3v) is 2.67. The summed E-state index contributed by atoms with van der Waals surface area (Å²) in [7, 11) is 0. The van der Waals surface area contributed by atoms with Crippen LogP contribution in [0.4, 0.5) is 0 Å². The van der Waals surface area contributed by atoms with Crippen LogP contribution in [0, 0.1) is 11.3 Å². The van der Waals surface area contributed by atoms with Crippen molar-refractivity contribution in [1.29, 1.82) is 5.26 Å². The number of nitriles is 1. The van der Waals surface area contributed by atoms with Gasteiger partial charge in [-0.2, -0.15) is 5.26 Å². The molecule has 0 saturated carbocycles. The molecule has 0 spiro atoms. The van der Waals surface area contributed by atoms with Crippen LogP contribution in [0.5, 0.6) is 11.5 Å². The molecule has 0 saturated heterocycles. The lowest BCUT2D eigenvalue weighted by Gasteiger charge is -2.19. The van der Waals surface area contributed by atoms with Crippen molar-refractivity contribution in [2.45, 2.75) is 19.4 Å². The van der Waals surface area contributed by atoms with E-state index >= 15 is 0 Å². The summed E-state index contributed by atoms with van der Waals surface area (Å²) >= 11 is 0. The van der Waals surface area contributed by atoms with Crippen LogP contribution in [0.15, 0.2) is 18.2 Å². The van der Waals surface area contributed by atoms with Crippen LogP contribution in [-0.4, -0.2) is 25.2 Å². The summed E-state index contributed by atoms with van der Waals surface area (Å²) in [5.74, 6) is 0.935. The largest absolute Gasteiger partial charge is 0.486 e. The zero-order valence-electron chi connectivity index (χ0n) is 10.1.